The molecule has 4 heteroatoms. The van der Waals surface area contributed by atoms with Crippen molar-refractivity contribution in [2.24, 2.45) is 5.92 Å². The van der Waals surface area contributed by atoms with Crippen molar-refractivity contribution in [3.63, 3.8) is 0 Å². The molecule has 1 aliphatic rings. The Balaban J connectivity index is 2.06. The van der Waals surface area contributed by atoms with E-state index in [0.29, 0.717) is 12.0 Å². The minimum absolute atomic E-state index is 0.279. The maximum atomic E-state index is 9.05. The summed E-state index contributed by atoms with van der Waals surface area (Å²) in [6.07, 6.45) is 6.28. The first kappa shape index (κ1) is 12.3. The van der Waals surface area contributed by atoms with Gasteiger partial charge in [-0.2, -0.15) is 0 Å². The van der Waals surface area contributed by atoms with Gasteiger partial charge in [-0.15, -0.1) is 0 Å². The van der Waals surface area contributed by atoms with E-state index in [9.17, 15) is 0 Å². The Labute approximate surface area is 102 Å². The highest BCUT2D eigenvalue weighted by atomic mass is 16.3. The lowest BCUT2D eigenvalue weighted by molar-refractivity contribution is 0.254. The third-order valence-electron chi connectivity index (χ3n) is 3.56. The molecule has 1 aliphatic carbocycles. The summed E-state index contributed by atoms with van der Waals surface area (Å²) >= 11 is 0. The number of nitrogens with zero attached hydrogens (tertiary/aromatic N) is 2. The van der Waals surface area contributed by atoms with E-state index >= 15 is 0 Å². The summed E-state index contributed by atoms with van der Waals surface area (Å²) in [4.78, 5) is 8.81. The Morgan fingerprint density at radius 2 is 2.24 bits per heavy atom. The molecule has 1 aromatic heterocycles. The molecule has 0 aromatic carbocycles. The third kappa shape index (κ3) is 2.94. The van der Waals surface area contributed by atoms with Crippen LogP contribution in [0.4, 0.5) is 5.82 Å². The normalized spacial score (nSPS) is 23.9. The summed E-state index contributed by atoms with van der Waals surface area (Å²) < 4.78 is 0. The van der Waals surface area contributed by atoms with Crippen molar-refractivity contribution in [1.82, 2.24) is 9.97 Å². The second-order valence-corrected chi connectivity index (χ2v) is 4.90. The number of aliphatic hydroxyl groups is 1. The minimum atomic E-state index is 0.279. The SMILES string of the molecule is Cc1cnc(C)c(NC2CCCC2CCO)n1. The van der Waals surface area contributed by atoms with Gasteiger partial charge in [0.05, 0.1) is 11.4 Å². The monoisotopic (exact) mass is 235 g/mol. The summed E-state index contributed by atoms with van der Waals surface area (Å²) in [6, 6.07) is 0.442. The number of hydrogen-bond donors (Lipinski definition) is 2. The average Bonchev–Trinajstić information content (AvgIpc) is 2.72. The van der Waals surface area contributed by atoms with Gasteiger partial charge in [-0.1, -0.05) is 6.42 Å². The summed E-state index contributed by atoms with van der Waals surface area (Å²) in [6.45, 7) is 4.21. The molecule has 2 unspecified atom stereocenters. The Hall–Kier alpha value is -1.16. The third-order valence-corrected chi connectivity index (χ3v) is 3.56. The van der Waals surface area contributed by atoms with Gasteiger partial charge in [0.1, 0.15) is 5.82 Å². The summed E-state index contributed by atoms with van der Waals surface area (Å²) in [7, 11) is 0. The van der Waals surface area contributed by atoms with Crippen molar-refractivity contribution in [3.8, 4) is 0 Å². The summed E-state index contributed by atoms with van der Waals surface area (Å²) in [5, 5.41) is 12.6. The van der Waals surface area contributed by atoms with Gasteiger partial charge in [0.2, 0.25) is 0 Å². The summed E-state index contributed by atoms with van der Waals surface area (Å²) in [5.74, 6) is 1.47. The number of aryl methyl sites for hydroxylation is 2. The van der Waals surface area contributed by atoms with E-state index in [4.69, 9.17) is 5.11 Å². The van der Waals surface area contributed by atoms with Gasteiger partial charge >= 0.3 is 0 Å². The topological polar surface area (TPSA) is 58.0 Å². The highest BCUT2D eigenvalue weighted by Crippen LogP contribution is 2.30. The van der Waals surface area contributed by atoms with Gasteiger partial charge in [-0.05, 0) is 39.0 Å². The van der Waals surface area contributed by atoms with Crippen LogP contribution < -0.4 is 5.32 Å². The molecule has 1 fully saturated rings. The zero-order chi connectivity index (χ0) is 12.3. The van der Waals surface area contributed by atoms with Crippen molar-refractivity contribution in [2.45, 2.75) is 45.6 Å². The van der Waals surface area contributed by atoms with Crippen LogP contribution in [0, 0.1) is 19.8 Å². The molecule has 0 radical (unpaired) electrons. The zero-order valence-corrected chi connectivity index (χ0v) is 10.6. The largest absolute Gasteiger partial charge is 0.396 e. The standard InChI is InChI=1S/C13H21N3O/c1-9-8-14-10(2)13(15-9)16-12-5-3-4-11(12)6-7-17/h8,11-12,17H,3-7H2,1-2H3,(H,15,16). The zero-order valence-electron chi connectivity index (χ0n) is 10.6. The van der Waals surface area contributed by atoms with Crippen LogP contribution >= 0.6 is 0 Å². The van der Waals surface area contributed by atoms with Crippen LogP contribution in [0.25, 0.3) is 0 Å². The molecule has 2 N–H and O–H groups in total. The molecule has 0 bridgehead atoms. The second kappa shape index (κ2) is 5.45. The summed E-state index contributed by atoms with van der Waals surface area (Å²) in [5.41, 5.74) is 1.89. The molecule has 2 atom stereocenters. The first-order chi connectivity index (χ1) is 8.20. The maximum absolute atomic E-state index is 9.05. The van der Waals surface area contributed by atoms with E-state index in [-0.39, 0.29) is 6.61 Å². The molecule has 4 nitrogen and oxygen atoms in total. The number of nitrogens with one attached hydrogen (secondary N) is 1. The molecule has 17 heavy (non-hydrogen) atoms. The Morgan fingerprint density at radius 3 is 3.00 bits per heavy atom. The van der Waals surface area contributed by atoms with Crippen LogP contribution in [0.5, 0.6) is 0 Å². The lowest BCUT2D eigenvalue weighted by Crippen LogP contribution is -2.26. The molecular formula is C13H21N3O. The van der Waals surface area contributed by atoms with E-state index < -0.39 is 0 Å². The molecule has 0 aliphatic heterocycles. The Morgan fingerprint density at radius 1 is 1.41 bits per heavy atom. The number of aromatic nitrogens is 2. The Kier molecular flexibility index (Phi) is 3.94. The molecule has 1 aromatic rings. The fraction of sp³-hybridized carbons (Fsp3) is 0.692. The van der Waals surface area contributed by atoms with Gasteiger partial charge in [0.15, 0.2) is 0 Å². The van der Waals surface area contributed by atoms with Gasteiger partial charge in [0, 0.05) is 18.8 Å². The van der Waals surface area contributed by atoms with E-state index in [0.717, 1.165) is 23.6 Å². The molecular weight excluding hydrogens is 214 g/mol. The lowest BCUT2D eigenvalue weighted by Gasteiger charge is -2.21. The number of rotatable bonds is 4. The number of hydrogen-bond acceptors (Lipinski definition) is 4. The second-order valence-electron chi connectivity index (χ2n) is 4.90. The average molecular weight is 235 g/mol. The predicted octanol–water partition coefficient (Wildman–Crippen LogP) is 2.06. The van der Waals surface area contributed by atoms with Gasteiger partial charge in [-0.25, -0.2) is 4.98 Å². The number of aliphatic hydroxyl groups excluding tert-OH is 1. The van der Waals surface area contributed by atoms with E-state index in [2.05, 4.69) is 15.3 Å². The van der Waals surface area contributed by atoms with Crippen LogP contribution in [-0.4, -0.2) is 27.7 Å². The fourth-order valence-corrected chi connectivity index (χ4v) is 2.59. The van der Waals surface area contributed by atoms with Crippen molar-refractivity contribution < 1.29 is 5.11 Å². The molecule has 0 amide bonds. The van der Waals surface area contributed by atoms with Crippen LogP contribution in [0.1, 0.15) is 37.1 Å². The van der Waals surface area contributed by atoms with Gasteiger partial charge in [0.25, 0.3) is 0 Å². The Bertz CT molecular complexity index is 381. The van der Waals surface area contributed by atoms with Crippen LogP contribution in [0.2, 0.25) is 0 Å². The van der Waals surface area contributed by atoms with Crippen molar-refractivity contribution in [2.75, 3.05) is 11.9 Å². The fourth-order valence-electron chi connectivity index (χ4n) is 2.59. The molecule has 1 saturated carbocycles. The van der Waals surface area contributed by atoms with Crippen molar-refractivity contribution >= 4 is 5.82 Å². The maximum Gasteiger partial charge on any atom is 0.147 e. The van der Waals surface area contributed by atoms with Crippen molar-refractivity contribution in [3.05, 3.63) is 17.6 Å². The first-order valence-corrected chi connectivity index (χ1v) is 6.38. The highest BCUT2D eigenvalue weighted by Gasteiger charge is 2.27. The van der Waals surface area contributed by atoms with E-state index in [1.807, 2.05) is 13.8 Å². The van der Waals surface area contributed by atoms with Crippen molar-refractivity contribution in [1.29, 1.82) is 0 Å². The minimum Gasteiger partial charge on any atom is -0.396 e. The smallest absolute Gasteiger partial charge is 0.147 e. The van der Waals surface area contributed by atoms with Gasteiger partial charge < -0.3 is 10.4 Å². The first-order valence-electron chi connectivity index (χ1n) is 6.38. The lowest BCUT2D eigenvalue weighted by atomic mass is 10.00. The molecule has 94 valence electrons. The van der Waals surface area contributed by atoms with Crippen LogP contribution in [-0.2, 0) is 0 Å². The predicted molar refractivity (Wildman–Crippen MR) is 68.0 cm³/mol. The molecule has 0 spiro atoms. The van der Waals surface area contributed by atoms with E-state index in [1.54, 1.807) is 6.20 Å². The van der Waals surface area contributed by atoms with Crippen LogP contribution in [0.3, 0.4) is 0 Å². The molecule has 0 saturated heterocycles. The number of anilines is 1. The highest BCUT2D eigenvalue weighted by molar-refractivity contribution is 5.41. The molecule has 2 rings (SSSR count). The van der Waals surface area contributed by atoms with Gasteiger partial charge in [-0.3, -0.25) is 4.98 Å². The quantitative estimate of drug-likeness (QED) is 0.838. The van der Waals surface area contributed by atoms with E-state index in [1.165, 1.54) is 19.3 Å². The van der Waals surface area contributed by atoms with Crippen LogP contribution in [0.15, 0.2) is 6.20 Å². The molecule has 1 heterocycles.